The number of para-hydroxylation sites is 1. The van der Waals surface area contributed by atoms with Crippen LogP contribution < -0.4 is 10.6 Å². The molecule has 2 aromatic heterocycles. The molecule has 0 unspecified atom stereocenters. The van der Waals surface area contributed by atoms with Gasteiger partial charge in [0.2, 0.25) is 0 Å². The topological polar surface area (TPSA) is 67.1 Å². The first-order valence-electron chi connectivity index (χ1n) is 9.31. The SMILES string of the molecule is CCNC(=NCc1ccccc1-n1nc(C)cc1C)NCc1ncccc1F.I. The summed E-state index contributed by atoms with van der Waals surface area (Å²) in [4.78, 5) is 8.72. The van der Waals surface area contributed by atoms with E-state index in [4.69, 9.17) is 0 Å². The zero-order chi connectivity index (χ0) is 19.9. The molecule has 8 heteroatoms. The van der Waals surface area contributed by atoms with Crippen LogP contribution in [-0.2, 0) is 13.1 Å². The molecule has 29 heavy (non-hydrogen) atoms. The predicted molar refractivity (Wildman–Crippen MR) is 124 cm³/mol. The molecule has 0 saturated heterocycles. The van der Waals surface area contributed by atoms with Gasteiger partial charge in [-0.1, -0.05) is 18.2 Å². The largest absolute Gasteiger partial charge is 0.357 e. The predicted octanol–water partition coefficient (Wildman–Crippen LogP) is 3.90. The maximum atomic E-state index is 13.8. The Labute approximate surface area is 187 Å². The van der Waals surface area contributed by atoms with Crippen molar-refractivity contribution < 1.29 is 4.39 Å². The first kappa shape index (κ1) is 22.8. The van der Waals surface area contributed by atoms with Crippen molar-refractivity contribution in [2.45, 2.75) is 33.9 Å². The lowest BCUT2D eigenvalue weighted by molar-refractivity contribution is 0.592. The third kappa shape index (κ3) is 5.99. The molecule has 0 radical (unpaired) electrons. The van der Waals surface area contributed by atoms with Gasteiger partial charge < -0.3 is 10.6 Å². The van der Waals surface area contributed by atoms with Gasteiger partial charge in [0.25, 0.3) is 0 Å². The number of nitrogens with one attached hydrogen (secondary N) is 2. The highest BCUT2D eigenvalue weighted by Crippen LogP contribution is 2.17. The van der Waals surface area contributed by atoms with Crippen LogP contribution in [0, 0.1) is 19.7 Å². The van der Waals surface area contributed by atoms with Gasteiger partial charge in [0, 0.05) is 18.4 Å². The van der Waals surface area contributed by atoms with Crippen molar-refractivity contribution in [3.63, 3.8) is 0 Å². The number of hydrogen-bond acceptors (Lipinski definition) is 3. The maximum absolute atomic E-state index is 13.8. The number of pyridine rings is 1. The molecule has 2 N–H and O–H groups in total. The van der Waals surface area contributed by atoms with Crippen LogP contribution in [0.2, 0.25) is 0 Å². The molecular weight excluding hydrogens is 482 g/mol. The molecule has 0 aliphatic heterocycles. The summed E-state index contributed by atoms with van der Waals surface area (Å²) < 4.78 is 15.7. The lowest BCUT2D eigenvalue weighted by Crippen LogP contribution is -2.37. The monoisotopic (exact) mass is 508 g/mol. The highest BCUT2D eigenvalue weighted by atomic mass is 127. The number of nitrogens with zero attached hydrogens (tertiary/aromatic N) is 4. The first-order valence-corrected chi connectivity index (χ1v) is 9.31. The molecule has 0 aliphatic rings. The standard InChI is InChI=1S/C21H25FN6.HI/c1-4-23-21(26-14-19-18(22)9-7-11-24-19)25-13-17-8-5-6-10-20(17)28-16(3)12-15(2)27-28;/h5-12H,4,13-14H2,1-3H3,(H2,23,25,26);1H. The Hall–Kier alpha value is -2.49. The second-order valence-corrected chi connectivity index (χ2v) is 6.45. The van der Waals surface area contributed by atoms with Crippen LogP contribution in [0.25, 0.3) is 5.69 Å². The Balaban J connectivity index is 0.00000300. The highest BCUT2D eigenvalue weighted by Gasteiger charge is 2.09. The van der Waals surface area contributed by atoms with Crippen LogP contribution in [0.4, 0.5) is 4.39 Å². The van der Waals surface area contributed by atoms with Crippen molar-refractivity contribution in [3.8, 4) is 5.69 Å². The van der Waals surface area contributed by atoms with Gasteiger partial charge in [0.1, 0.15) is 5.82 Å². The second kappa shape index (κ2) is 10.9. The van der Waals surface area contributed by atoms with Gasteiger partial charge in [-0.15, -0.1) is 24.0 Å². The van der Waals surface area contributed by atoms with Gasteiger partial charge in [-0.2, -0.15) is 5.10 Å². The summed E-state index contributed by atoms with van der Waals surface area (Å²) in [6.45, 7) is 7.44. The lowest BCUT2D eigenvalue weighted by atomic mass is 10.2. The molecule has 1 aromatic carbocycles. The van der Waals surface area contributed by atoms with E-state index >= 15 is 0 Å². The van der Waals surface area contributed by atoms with Gasteiger partial charge in [-0.25, -0.2) is 14.1 Å². The summed E-state index contributed by atoms with van der Waals surface area (Å²) in [5, 5.41) is 10.9. The number of guanidine groups is 1. The van der Waals surface area contributed by atoms with Crippen molar-refractivity contribution in [3.05, 3.63) is 77.1 Å². The van der Waals surface area contributed by atoms with Gasteiger partial charge in [0.15, 0.2) is 5.96 Å². The summed E-state index contributed by atoms with van der Waals surface area (Å²) in [5.41, 5.74) is 4.46. The Morgan fingerprint density at radius 3 is 2.62 bits per heavy atom. The number of rotatable bonds is 6. The molecule has 3 aromatic rings. The number of aryl methyl sites for hydroxylation is 2. The molecule has 0 fully saturated rings. The fraction of sp³-hybridized carbons (Fsp3) is 0.286. The average molecular weight is 508 g/mol. The van der Waals surface area contributed by atoms with Gasteiger partial charge in [-0.3, -0.25) is 4.98 Å². The normalized spacial score (nSPS) is 11.1. The van der Waals surface area contributed by atoms with Gasteiger partial charge in [0.05, 0.1) is 30.2 Å². The quantitative estimate of drug-likeness (QED) is 0.301. The molecule has 0 saturated carbocycles. The van der Waals surface area contributed by atoms with E-state index in [-0.39, 0.29) is 36.3 Å². The molecule has 0 atom stereocenters. The molecular formula is C21H26FIN6. The van der Waals surface area contributed by atoms with Crippen LogP contribution in [0.15, 0.2) is 53.7 Å². The fourth-order valence-electron chi connectivity index (χ4n) is 2.95. The Morgan fingerprint density at radius 1 is 1.14 bits per heavy atom. The Morgan fingerprint density at radius 2 is 1.93 bits per heavy atom. The minimum Gasteiger partial charge on any atom is -0.357 e. The number of benzene rings is 1. The summed E-state index contributed by atoms with van der Waals surface area (Å²) in [6, 6.07) is 13.1. The highest BCUT2D eigenvalue weighted by molar-refractivity contribution is 14.0. The molecule has 2 heterocycles. The van der Waals surface area contributed by atoms with Crippen molar-refractivity contribution in [2.75, 3.05) is 6.54 Å². The van der Waals surface area contributed by atoms with E-state index in [2.05, 4.69) is 25.7 Å². The molecule has 0 bridgehead atoms. The van der Waals surface area contributed by atoms with E-state index < -0.39 is 0 Å². The van der Waals surface area contributed by atoms with E-state index in [0.29, 0.717) is 24.7 Å². The first-order chi connectivity index (χ1) is 13.6. The third-order valence-electron chi connectivity index (χ3n) is 4.24. The number of hydrogen-bond donors (Lipinski definition) is 2. The summed E-state index contributed by atoms with van der Waals surface area (Å²) >= 11 is 0. The van der Waals surface area contributed by atoms with Crippen molar-refractivity contribution in [1.29, 1.82) is 0 Å². The van der Waals surface area contributed by atoms with Crippen molar-refractivity contribution in [1.82, 2.24) is 25.4 Å². The van der Waals surface area contributed by atoms with Gasteiger partial charge in [-0.05, 0) is 50.6 Å². The van der Waals surface area contributed by atoms with E-state index in [9.17, 15) is 4.39 Å². The smallest absolute Gasteiger partial charge is 0.191 e. The molecule has 0 amide bonds. The fourth-order valence-corrected chi connectivity index (χ4v) is 2.95. The van der Waals surface area contributed by atoms with E-state index in [1.165, 1.54) is 6.07 Å². The van der Waals surface area contributed by atoms with Crippen LogP contribution >= 0.6 is 24.0 Å². The zero-order valence-electron chi connectivity index (χ0n) is 16.8. The minimum absolute atomic E-state index is 0. The van der Waals surface area contributed by atoms with E-state index in [1.807, 2.05) is 55.8 Å². The summed E-state index contributed by atoms with van der Waals surface area (Å²) in [7, 11) is 0. The van der Waals surface area contributed by atoms with Crippen molar-refractivity contribution in [2.24, 2.45) is 4.99 Å². The van der Waals surface area contributed by atoms with Crippen LogP contribution in [0.3, 0.4) is 0 Å². The molecule has 3 rings (SSSR count). The average Bonchev–Trinajstić information content (AvgIpc) is 3.03. The molecule has 154 valence electrons. The molecule has 6 nitrogen and oxygen atoms in total. The second-order valence-electron chi connectivity index (χ2n) is 6.45. The van der Waals surface area contributed by atoms with Crippen LogP contribution in [-0.4, -0.2) is 27.3 Å². The number of halogens is 2. The summed E-state index contributed by atoms with van der Waals surface area (Å²) in [5.74, 6) is 0.274. The Bertz CT molecular complexity index is 969. The van der Waals surface area contributed by atoms with E-state index in [0.717, 1.165) is 22.6 Å². The third-order valence-corrected chi connectivity index (χ3v) is 4.24. The molecule has 0 spiro atoms. The van der Waals surface area contributed by atoms with E-state index in [1.54, 1.807) is 12.3 Å². The maximum Gasteiger partial charge on any atom is 0.191 e. The zero-order valence-corrected chi connectivity index (χ0v) is 19.1. The number of aromatic nitrogens is 3. The Kier molecular flexibility index (Phi) is 8.56. The number of aliphatic imine (C=N–C) groups is 1. The summed E-state index contributed by atoms with van der Waals surface area (Å²) in [6.07, 6.45) is 1.58. The van der Waals surface area contributed by atoms with Crippen LogP contribution in [0.5, 0.6) is 0 Å². The van der Waals surface area contributed by atoms with Gasteiger partial charge >= 0.3 is 0 Å². The minimum atomic E-state index is -0.333. The van der Waals surface area contributed by atoms with Crippen LogP contribution in [0.1, 0.15) is 29.6 Å². The lowest BCUT2D eigenvalue weighted by Gasteiger charge is -2.13. The molecule has 0 aliphatic carbocycles. The van der Waals surface area contributed by atoms with Crippen molar-refractivity contribution >= 4 is 29.9 Å².